The molecule has 1 fully saturated rings. The van der Waals surface area contributed by atoms with E-state index in [1.807, 2.05) is 0 Å². The lowest BCUT2D eigenvalue weighted by molar-refractivity contribution is -0.482. The summed E-state index contributed by atoms with van der Waals surface area (Å²) >= 11 is 0. The normalized spacial score (nSPS) is 52.6. The van der Waals surface area contributed by atoms with E-state index in [1.54, 1.807) is 6.92 Å². The Bertz CT molecular complexity index is 129. The molecule has 0 radical (unpaired) electrons. The molecule has 0 bridgehead atoms. The molecule has 6 N–H and O–H groups in total. The fraction of sp³-hybridized carbons (Fsp3) is 1.00. The predicted molar refractivity (Wildman–Crippen MR) is 35.2 cm³/mol. The molecule has 5 nitrogen and oxygen atoms in total. The molecule has 5 heteroatoms. The second kappa shape index (κ2) is 3.04. The highest BCUT2D eigenvalue weighted by atomic mass is 16.6. The summed E-state index contributed by atoms with van der Waals surface area (Å²) in [4.78, 5) is 0. The first kappa shape index (κ1) is 8.89. The number of hydrogen-bond acceptors (Lipinski definition) is 4. The Balaban J connectivity index is 2.63. The van der Waals surface area contributed by atoms with Crippen LogP contribution in [-0.2, 0) is 4.74 Å². The Morgan fingerprint density at radius 2 is 1.73 bits per heavy atom. The third kappa shape index (κ3) is 1.52. The summed E-state index contributed by atoms with van der Waals surface area (Å²) in [6, 6.07) is -0.395. The summed E-state index contributed by atoms with van der Waals surface area (Å²) in [5.74, 6) is 0. The Morgan fingerprint density at radius 3 is 2.27 bits per heavy atom. The smallest absolute Gasteiger partial charge is 0.184 e. The van der Waals surface area contributed by atoms with Crippen molar-refractivity contribution in [3.63, 3.8) is 0 Å². The highest BCUT2D eigenvalue weighted by Crippen LogP contribution is 2.16. The van der Waals surface area contributed by atoms with Crippen molar-refractivity contribution in [2.24, 2.45) is 0 Å². The van der Waals surface area contributed by atoms with Crippen molar-refractivity contribution < 1.29 is 25.8 Å². The van der Waals surface area contributed by atoms with Crippen molar-refractivity contribution in [1.82, 2.24) is 0 Å². The molecule has 66 valence electrons. The topological polar surface area (TPSA) is 97.6 Å². The molecule has 1 saturated heterocycles. The van der Waals surface area contributed by atoms with Crippen molar-refractivity contribution in [3.05, 3.63) is 0 Å². The van der Waals surface area contributed by atoms with E-state index in [0.717, 1.165) is 0 Å². The third-order valence-corrected chi connectivity index (χ3v) is 2.04. The van der Waals surface area contributed by atoms with Crippen LogP contribution in [0.1, 0.15) is 6.92 Å². The van der Waals surface area contributed by atoms with E-state index in [2.05, 4.69) is 5.73 Å². The molecule has 0 aromatic carbocycles. The van der Waals surface area contributed by atoms with Crippen molar-refractivity contribution in [1.29, 1.82) is 0 Å². The summed E-state index contributed by atoms with van der Waals surface area (Å²) in [7, 11) is 0. The fourth-order valence-electron chi connectivity index (χ4n) is 1.10. The van der Waals surface area contributed by atoms with E-state index in [0.29, 0.717) is 0 Å². The average Bonchev–Trinajstić information content (AvgIpc) is 1.97. The Kier molecular flexibility index (Phi) is 2.46. The van der Waals surface area contributed by atoms with Gasteiger partial charge in [0.1, 0.15) is 24.4 Å². The first-order valence-electron chi connectivity index (χ1n) is 3.56. The molecule has 0 spiro atoms. The lowest BCUT2D eigenvalue weighted by Gasteiger charge is -2.35. The second-order valence-corrected chi connectivity index (χ2v) is 2.88. The fourth-order valence-corrected chi connectivity index (χ4v) is 1.10. The van der Waals surface area contributed by atoms with E-state index in [-0.39, 0.29) is 6.10 Å². The van der Waals surface area contributed by atoms with Gasteiger partial charge in [-0.25, -0.2) is 0 Å². The molecule has 1 aliphatic rings. The summed E-state index contributed by atoms with van der Waals surface area (Å²) in [6.45, 7) is 1.69. The maximum absolute atomic E-state index is 9.23. The molecule has 1 heterocycles. The van der Waals surface area contributed by atoms with Gasteiger partial charge in [-0.1, -0.05) is 0 Å². The third-order valence-electron chi connectivity index (χ3n) is 2.04. The maximum atomic E-state index is 9.23. The van der Waals surface area contributed by atoms with Crippen LogP contribution in [0.2, 0.25) is 0 Å². The molecule has 1 unspecified atom stereocenters. The first-order valence-corrected chi connectivity index (χ1v) is 3.56. The second-order valence-electron chi connectivity index (χ2n) is 2.88. The van der Waals surface area contributed by atoms with Gasteiger partial charge in [-0.15, -0.1) is 0 Å². The minimum Gasteiger partial charge on any atom is -0.385 e. The molecular formula is C6H14NO4+. The van der Waals surface area contributed by atoms with Crippen LogP contribution in [0.25, 0.3) is 0 Å². The molecule has 5 atom stereocenters. The van der Waals surface area contributed by atoms with E-state index < -0.39 is 24.5 Å². The van der Waals surface area contributed by atoms with Gasteiger partial charge in [0.05, 0.1) is 0 Å². The van der Waals surface area contributed by atoms with Crippen LogP contribution in [0.5, 0.6) is 0 Å². The van der Waals surface area contributed by atoms with Gasteiger partial charge in [0.2, 0.25) is 0 Å². The van der Waals surface area contributed by atoms with Gasteiger partial charge in [0, 0.05) is 0 Å². The number of aliphatic hydroxyl groups is 3. The minimum atomic E-state index is -1.29. The summed E-state index contributed by atoms with van der Waals surface area (Å²) < 4.78 is 4.86. The Morgan fingerprint density at radius 1 is 1.18 bits per heavy atom. The zero-order valence-electron chi connectivity index (χ0n) is 6.34. The van der Waals surface area contributed by atoms with Crippen LogP contribution in [0.3, 0.4) is 0 Å². The minimum absolute atomic E-state index is 0.330. The molecule has 1 rings (SSSR count). The molecule has 0 aromatic heterocycles. The molecule has 1 aliphatic heterocycles. The number of ether oxygens (including phenoxy) is 1. The summed E-state index contributed by atoms with van der Waals surface area (Å²) in [5.41, 5.74) is 3.60. The molecule has 0 aromatic rings. The van der Waals surface area contributed by atoms with Crippen LogP contribution < -0.4 is 5.73 Å². The van der Waals surface area contributed by atoms with Crippen molar-refractivity contribution in [3.8, 4) is 0 Å². The van der Waals surface area contributed by atoms with Gasteiger partial charge >= 0.3 is 0 Å². The molecule has 0 amide bonds. The Labute approximate surface area is 64.4 Å². The Hall–Kier alpha value is -0.200. The SMILES string of the molecule is C[C@H]1OC(O)[C@H](O)[C@@H](O)[C@@H]1[NH3+]. The van der Waals surface area contributed by atoms with Crippen LogP contribution in [0.4, 0.5) is 0 Å². The van der Waals surface area contributed by atoms with Gasteiger partial charge in [-0.05, 0) is 6.92 Å². The van der Waals surface area contributed by atoms with E-state index in [4.69, 9.17) is 14.9 Å². The number of aliphatic hydroxyl groups excluding tert-OH is 3. The number of rotatable bonds is 0. The summed E-state index contributed by atoms with van der Waals surface area (Å²) in [6.07, 6.45) is -3.87. The van der Waals surface area contributed by atoms with Crippen LogP contribution in [0, 0.1) is 0 Å². The van der Waals surface area contributed by atoms with Crippen LogP contribution >= 0.6 is 0 Å². The van der Waals surface area contributed by atoms with Crippen molar-refractivity contribution in [2.45, 2.75) is 37.6 Å². The van der Waals surface area contributed by atoms with Gasteiger partial charge in [-0.3, -0.25) is 0 Å². The average molecular weight is 164 g/mol. The zero-order valence-corrected chi connectivity index (χ0v) is 6.34. The molecular weight excluding hydrogens is 150 g/mol. The standard InChI is InChI=1S/C6H13NO4/c1-2-3(7)4(8)5(9)6(10)11-2/h2-6,8-10H,7H2,1H3/p+1/t2-,3-,4+,5-,6?/m1/s1. The largest absolute Gasteiger partial charge is 0.385 e. The van der Waals surface area contributed by atoms with Crippen LogP contribution in [0.15, 0.2) is 0 Å². The quantitative estimate of drug-likeness (QED) is 0.308. The predicted octanol–water partition coefficient (Wildman–Crippen LogP) is -2.94. The molecule has 0 saturated carbocycles. The zero-order chi connectivity index (χ0) is 8.59. The van der Waals surface area contributed by atoms with Gasteiger partial charge in [0.15, 0.2) is 6.29 Å². The van der Waals surface area contributed by atoms with E-state index in [9.17, 15) is 5.11 Å². The first-order chi connectivity index (χ1) is 5.04. The molecule has 0 aliphatic carbocycles. The monoisotopic (exact) mass is 164 g/mol. The van der Waals surface area contributed by atoms with Crippen molar-refractivity contribution >= 4 is 0 Å². The molecule has 11 heavy (non-hydrogen) atoms. The lowest BCUT2D eigenvalue weighted by atomic mass is 9.98. The van der Waals surface area contributed by atoms with Gasteiger partial charge in [-0.2, -0.15) is 0 Å². The number of quaternary nitrogens is 1. The lowest BCUT2D eigenvalue weighted by Crippen LogP contribution is -2.76. The highest BCUT2D eigenvalue weighted by molar-refractivity contribution is 4.85. The summed E-state index contributed by atoms with van der Waals surface area (Å²) in [5, 5.41) is 27.3. The van der Waals surface area contributed by atoms with Crippen LogP contribution in [-0.4, -0.2) is 46.0 Å². The van der Waals surface area contributed by atoms with Crippen molar-refractivity contribution in [2.75, 3.05) is 0 Å². The van der Waals surface area contributed by atoms with E-state index >= 15 is 0 Å². The van der Waals surface area contributed by atoms with Gasteiger partial charge < -0.3 is 25.8 Å². The van der Waals surface area contributed by atoms with E-state index in [1.165, 1.54) is 0 Å². The van der Waals surface area contributed by atoms with Gasteiger partial charge in [0.25, 0.3) is 0 Å². The maximum Gasteiger partial charge on any atom is 0.184 e. The highest BCUT2D eigenvalue weighted by Gasteiger charge is 2.42. The number of hydrogen-bond donors (Lipinski definition) is 4.